The molecule has 1 spiro atoms. The van der Waals surface area contributed by atoms with Gasteiger partial charge < -0.3 is 25.0 Å². The van der Waals surface area contributed by atoms with Gasteiger partial charge in [-0.2, -0.15) is 0 Å². The minimum atomic E-state index is -4.08. The molecular formula is C39H49F2N5O8S. The zero-order valence-electron chi connectivity index (χ0n) is 31.6. The lowest BCUT2D eigenvalue weighted by molar-refractivity contribution is -0.141. The lowest BCUT2D eigenvalue weighted by Crippen LogP contribution is -2.58. The van der Waals surface area contributed by atoms with Gasteiger partial charge in [-0.05, 0) is 78.7 Å². The normalized spacial score (nSPS) is 27.5. The number of sulfonamides is 1. The summed E-state index contributed by atoms with van der Waals surface area (Å²) in [6, 6.07) is -1.59. The van der Waals surface area contributed by atoms with Crippen molar-refractivity contribution in [1.29, 1.82) is 0 Å². The van der Waals surface area contributed by atoms with Crippen molar-refractivity contribution in [3.63, 3.8) is 0 Å². The minimum Gasteiger partial charge on any atom is -0.483 e. The number of carbonyl (C=O) groups excluding carboxylic acids is 4. The number of benzene rings is 1. The molecule has 3 N–H and O–H groups in total. The molecule has 1 aliphatic carbocycles. The lowest BCUT2D eigenvalue weighted by atomic mass is 9.87. The van der Waals surface area contributed by atoms with Crippen LogP contribution in [-0.2, 0) is 35.6 Å². The summed E-state index contributed by atoms with van der Waals surface area (Å²) in [5, 5.41) is 5.84. The Balaban J connectivity index is 1.38. The number of aryl methyl sites for hydroxylation is 2. The van der Waals surface area contributed by atoms with Crippen LogP contribution in [0.1, 0.15) is 89.8 Å². The SMILES string of the molecule is C=C[C@H]1/C=C\CCCCC[C@H](NC(=O)OC(C)C)C(=O)N2C[C@@]3(CCc4c(c(C)nc5cc(F)c(F)cc45)O3)C[C@H]2C(=O)NC1C(=O)NS(=O)(=O)C1(C)CC1. The van der Waals surface area contributed by atoms with Gasteiger partial charge in [-0.1, -0.05) is 31.1 Å². The van der Waals surface area contributed by atoms with E-state index in [1.807, 2.05) is 6.08 Å². The first-order valence-corrected chi connectivity index (χ1v) is 20.4. The number of hydrogen-bond acceptors (Lipinski definition) is 9. The summed E-state index contributed by atoms with van der Waals surface area (Å²) in [5.41, 5.74) is 0.133. The summed E-state index contributed by atoms with van der Waals surface area (Å²) in [6.07, 6.45) is 7.94. The van der Waals surface area contributed by atoms with E-state index >= 15 is 0 Å². The van der Waals surface area contributed by atoms with Crippen LogP contribution in [0.4, 0.5) is 13.6 Å². The maximum Gasteiger partial charge on any atom is 0.408 e. The first-order valence-electron chi connectivity index (χ1n) is 18.9. The van der Waals surface area contributed by atoms with Gasteiger partial charge in [0, 0.05) is 29.4 Å². The highest BCUT2D eigenvalue weighted by Crippen LogP contribution is 2.45. The summed E-state index contributed by atoms with van der Waals surface area (Å²) < 4.78 is 68.0. The Morgan fingerprint density at radius 2 is 1.87 bits per heavy atom. The largest absolute Gasteiger partial charge is 0.483 e. The van der Waals surface area contributed by atoms with E-state index in [-0.39, 0.29) is 31.3 Å². The Morgan fingerprint density at radius 3 is 2.56 bits per heavy atom. The summed E-state index contributed by atoms with van der Waals surface area (Å²) in [4.78, 5) is 61.6. The molecule has 16 heteroatoms. The molecule has 55 heavy (non-hydrogen) atoms. The Hall–Kier alpha value is -4.60. The van der Waals surface area contributed by atoms with Crippen molar-refractivity contribution in [3.05, 3.63) is 59.8 Å². The van der Waals surface area contributed by atoms with Crippen molar-refractivity contribution < 1.29 is 45.9 Å². The van der Waals surface area contributed by atoms with E-state index in [9.17, 15) is 36.4 Å². The number of fused-ring (bicyclic) bond motifs is 4. The maximum absolute atomic E-state index is 14.6. The first-order chi connectivity index (χ1) is 26.0. The summed E-state index contributed by atoms with van der Waals surface area (Å²) in [6.45, 7) is 10.3. The van der Waals surface area contributed by atoms with Gasteiger partial charge in [-0.3, -0.25) is 19.1 Å². The second-order valence-electron chi connectivity index (χ2n) is 15.7. The van der Waals surface area contributed by atoms with Crippen LogP contribution in [0.25, 0.3) is 10.9 Å². The van der Waals surface area contributed by atoms with Crippen LogP contribution in [0.2, 0.25) is 0 Å². The zero-order chi connectivity index (χ0) is 39.9. The monoisotopic (exact) mass is 785 g/mol. The van der Waals surface area contributed by atoms with Crippen LogP contribution in [0, 0.1) is 24.5 Å². The van der Waals surface area contributed by atoms with Gasteiger partial charge in [-0.15, -0.1) is 6.58 Å². The molecular weight excluding hydrogens is 737 g/mol. The van der Waals surface area contributed by atoms with Gasteiger partial charge >= 0.3 is 6.09 Å². The van der Waals surface area contributed by atoms with E-state index in [1.165, 1.54) is 11.0 Å². The molecule has 0 bridgehead atoms. The Bertz CT molecular complexity index is 2040. The molecule has 6 rings (SSSR count). The van der Waals surface area contributed by atoms with Crippen LogP contribution in [0.15, 0.2) is 36.9 Å². The Kier molecular flexibility index (Phi) is 11.3. The fourth-order valence-corrected chi connectivity index (χ4v) is 8.96. The molecule has 4 amide bonds. The van der Waals surface area contributed by atoms with Gasteiger partial charge in [0.25, 0.3) is 5.91 Å². The number of hydrogen-bond donors (Lipinski definition) is 3. The standard InChI is InChI=1S/C39H49F2N5O8S/c1-6-24-12-10-8-7-9-11-13-29(43-37(50)53-22(2)3)36(49)46-21-39(15-14-25-26-18-27(40)28(41)19-30(26)42-23(4)33(25)54-39)20-31(46)34(47)44-32(24)35(48)45-55(51,52)38(5)16-17-38/h6,10,12,18-19,22,24,29,31-32H,1,7-9,11,13-17,20-21H2,2-5H3,(H,43,50)(H,44,47)(H,45,48)/b12-10-/t24-,29-,31-,32?,39+/m0/s1. The number of nitrogens with one attached hydrogen (secondary N) is 3. The van der Waals surface area contributed by atoms with E-state index in [4.69, 9.17) is 9.47 Å². The third-order valence-corrected chi connectivity index (χ3v) is 13.3. The number of allylic oxidation sites excluding steroid dienone is 1. The maximum atomic E-state index is 14.6. The fourth-order valence-electron chi connectivity index (χ4n) is 7.68. The molecule has 13 nitrogen and oxygen atoms in total. The second-order valence-corrected chi connectivity index (χ2v) is 17.9. The third kappa shape index (κ3) is 8.33. The van der Waals surface area contributed by atoms with Crippen molar-refractivity contribution in [2.75, 3.05) is 6.54 Å². The van der Waals surface area contributed by atoms with E-state index < -0.39 is 86.0 Å². The van der Waals surface area contributed by atoms with Crippen molar-refractivity contribution in [2.45, 2.75) is 126 Å². The molecule has 2 fully saturated rings. The number of carbonyl (C=O) groups is 4. The van der Waals surface area contributed by atoms with Gasteiger partial charge in [0.1, 0.15) is 29.5 Å². The minimum absolute atomic E-state index is 0.0399. The fraction of sp³-hybridized carbons (Fsp3) is 0.564. The molecule has 1 aromatic carbocycles. The summed E-state index contributed by atoms with van der Waals surface area (Å²) >= 11 is 0. The molecule has 4 heterocycles. The lowest BCUT2D eigenvalue weighted by Gasteiger charge is -2.36. The van der Waals surface area contributed by atoms with E-state index in [2.05, 4.69) is 26.9 Å². The van der Waals surface area contributed by atoms with Crippen molar-refractivity contribution in [1.82, 2.24) is 25.2 Å². The molecule has 1 unspecified atom stereocenters. The summed E-state index contributed by atoms with van der Waals surface area (Å²) in [7, 11) is -4.08. The molecule has 0 radical (unpaired) electrons. The Morgan fingerprint density at radius 1 is 1.15 bits per heavy atom. The van der Waals surface area contributed by atoms with Crippen LogP contribution >= 0.6 is 0 Å². The second kappa shape index (κ2) is 15.5. The highest BCUT2D eigenvalue weighted by molar-refractivity contribution is 7.91. The number of amides is 4. The van der Waals surface area contributed by atoms with Gasteiger partial charge in [-0.25, -0.2) is 27.0 Å². The van der Waals surface area contributed by atoms with E-state index in [0.29, 0.717) is 60.9 Å². The topological polar surface area (TPSA) is 173 Å². The number of alkyl carbamates (subject to hydrolysis) is 1. The average molecular weight is 786 g/mol. The van der Waals surface area contributed by atoms with Crippen molar-refractivity contribution >= 4 is 44.7 Å². The molecule has 5 atom stereocenters. The predicted octanol–water partition coefficient (Wildman–Crippen LogP) is 4.80. The number of rotatable bonds is 6. The van der Waals surface area contributed by atoms with Crippen molar-refractivity contribution in [3.8, 4) is 5.75 Å². The average Bonchev–Trinajstić information content (AvgIpc) is 3.78. The number of ether oxygens (including phenoxy) is 2. The van der Waals surface area contributed by atoms with E-state index in [1.54, 1.807) is 33.8 Å². The van der Waals surface area contributed by atoms with Gasteiger partial charge in [0.15, 0.2) is 11.6 Å². The quantitative estimate of drug-likeness (QED) is 0.348. The zero-order valence-corrected chi connectivity index (χ0v) is 32.4. The number of nitrogens with zero attached hydrogens (tertiary/aromatic N) is 2. The van der Waals surface area contributed by atoms with Crippen LogP contribution in [0.3, 0.4) is 0 Å². The van der Waals surface area contributed by atoms with Crippen molar-refractivity contribution in [2.24, 2.45) is 5.92 Å². The molecule has 1 aromatic heterocycles. The van der Waals surface area contributed by atoms with Crippen LogP contribution in [-0.4, -0.2) is 83.2 Å². The van der Waals surface area contributed by atoms with Crippen LogP contribution < -0.4 is 20.1 Å². The third-order valence-electron chi connectivity index (χ3n) is 11.1. The smallest absolute Gasteiger partial charge is 0.408 e. The van der Waals surface area contributed by atoms with Gasteiger partial charge in [0.05, 0.1) is 28.6 Å². The molecule has 1 saturated heterocycles. The predicted molar refractivity (Wildman–Crippen MR) is 199 cm³/mol. The van der Waals surface area contributed by atoms with Gasteiger partial charge in [0.2, 0.25) is 21.8 Å². The molecule has 4 aliphatic rings. The van der Waals surface area contributed by atoms with E-state index in [0.717, 1.165) is 18.6 Å². The molecule has 2 aromatic rings. The number of pyridine rings is 1. The molecule has 298 valence electrons. The summed E-state index contributed by atoms with van der Waals surface area (Å²) in [5.74, 6) is -4.77. The Labute approximate surface area is 319 Å². The molecule has 3 aliphatic heterocycles. The van der Waals surface area contributed by atoms with Crippen LogP contribution in [0.5, 0.6) is 5.75 Å². The first kappa shape index (κ1) is 40.1. The number of aromatic nitrogens is 1. The highest BCUT2D eigenvalue weighted by Gasteiger charge is 2.54. The molecule has 1 saturated carbocycles. The highest BCUT2D eigenvalue weighted by atomic mass is 32.2. The number of halogens is 2.